The lowest BCUT2D eigenvalue weighted by Gasteiger charge is -2.10. The number of aromatic nitrogens is 2. The van der Waals surface area contributed by atoms with E-state index in [2.05, 4.69) is 9.17 Å². The number of halogens is 6. The van der Waals surface area contributed by atoms with Gasteiger partial charge in [0.25, 0.3) is 0 Å². The highest BCUT2D eigenvalue weighted by Crippen LogP contribution is 2.29. The molecule has 0 spiro atoms. The molecule has 0 aliphatic carbocycles. The molecule has 126 valence electrons. The fraction of sp³-hybridized carbons (Fsp3) is 0.182. The van der Waals surface area contributed by atoms with Crippen LogP contribution in [0.4, 0.5) is 26.3 Å². The standard InChI is InChI=1S/C11H6F6N2O3S/c12-10(13,14)9-5-19(6-18-9)7-1-3-8(4-2-7)22-23(20,21)11(15,16)17/h1-6H. The number of rotatable bonds is 3. The fourth-order valence-corrected chi connectivity index (χ4v) is 1.92. The molecule has 0 unspecified atom stereocenters. The third-order valence-electron chi connectivity index (χ3n) is 2.50. The number of nitrogens with zero attached hydrogens (tertiary/aromatic N) is 2. The highest BCUT2D eigenvalue weighted by molar-refractivity contribution is 7.87. The molecule has 0 saturated heterocycles. The summed E-state index contributed by atoms with van der Waals surface area (Å²) in [7, 11) is -5.81. The summed E-state index contributed by atoms with van der Waals surface area (Å²) in [6.07, 6.45) is -3.12. The van der Waals surface area contributed by atoms with Crippen LogP contribution in [-0.2, 0) is 16.3 Å². The van der Waals surface area contributed by atoms with Crippen LogP contribution in [0, 0.1) is 0 Å². The first-order valence-electron chi connectivity index (χ1n) is 5.62. The predicted molar refractivity (Wildman–Crippen MR) is 64.2 cm³/mol. The van der Waals surface area contributed by atoms with Gasteiger partial charge in [-0.2, -0.15) is 34.8 Å². The maximum Gasteiger partial charge on any atom is 0.534 e. The van der Waals surface area contributed by atoms with Crippen molar-refractivity contribution in [1.29, 1.82) is 0 Å². The molecule has 5 nitrogen and oxygen atoms in total. The molecule has 1 aromatic carbocycles. The first kappa shape index (κ1) is 17.1. The van der Waals surface area contributed by atoms with E-state index in [1.54, 1.807) is 0 Å². The smallest absolute Gasteiger partial charge is 0.376 e. The molecule has 1 heterocycles. The Morgan fingerprint density at radius 3 is 2.00 bits per heavy atom. The topological polar surface area (TPSA) is 61.2 Å². The quantitative estimate of drug-likeness (QED) is 0.479. The van der Waals surface area contributed by atoms with Crippen LogP contribution in [0.15, 0.2) is 36.8 Å². The molecule has 12 heteroatoms. The van der Waals surface area contributed by atoms with Crippen molar-refractivity contribution in [2.45, 2.75) is 11.7 Å². The molecule has 0 aliphatic rings. The van der Waals surface area contributed by atoms with Crippen molar-refractivity contribution in [1.82, 2.24) is 9.55 Å². The van der Waals surface area contributed by atoms with E-state index < -0.39 is 33.2 Å². The lowest BCUT2D eigenvalue weighted by molar-refractivity contribution is -0.140. The molecule has 23 heavy (non-hydrogen) atoms. The second kappa shape index (κ2) is 5.44. The summed E-state index contributed by atoms with van der Waals surface area (Å²) in [6.45, 7) is 0. The van der Waals surface area contributed by atoms with Crippen LogP contribution in [0.3, 0.4) is 0 Å². The van der Waals surface area contributed by atoms with Crippen molar-refractivity contribution in [2.75, 3.05) is 0 Å². The molecule has 0 bridgehead atoms. The largest absolute Gasteiger partial charge is 0.534 e. The fourth-order valence-electron chi connectivity index (χ4n) is 1.46. The van der Waals surface area contributed by atoms with Crippen LogP contribution in [0.25, 0.3) is 5.69 Å². The monoisotopic (exact) mass is 360 g/mol. The molecule has 0 atom stereocenters. The van der Waals surface area contributed by atoms with E-state index in [0.29, 0.717) is 6.20 Å². The van der Waals surface area contributed by atoms with Crippen molar-refractivity contribution in [3.8, 4) is 11.4 Å². The van der Waals surface area contributed by atoms with Crippen LogP contribution in [0.5, 0.6) is 5.75 Å². The first-order chi connectivity index (χ1) is 10.4. The van der Waals surface area contributed by atoms with E-state index in [4.69, 9.17) is 0 Å². The van der Waals surface area contributed by atoms with Gasteiger partial charge in [0.05, 0.1) is 6.33 Å². The molecule has 0 N–H and O–H groups in total. The summed E-state index contributed by atoms with van der Waals surface area (Å²) < 4.78 is 100. The van der Waals surface area contributed by atoms with Crippen molar-refractivity contribution in [2.24, 2.45) is 0 Å². The Labute approximate surface area is 125 Å². The molecular formula is C11H6F6N2O3S. The van der Waals surface area contributed by atoms with Gasteiger partial charge in [0.1, 0.15) is 5.75 Å². The van der Waals surface area contributed by atoms with Crippen LogP contribution in [-0.4, -0.2) is 23.5 Å². The number of imidazole rings is 1. The Kier molecular flexibility index (Phi) is 4.05. The Morgan fingerprint density at radius 1 is 1.00 bits per heavy atom. The second-order valence-corrected chi connectivity index (χ2v) is 5.68. The Bertz CT molecular complexity index is 792. The summed E-state index contributed by atoms with van der Waals surface area (Å²) in [5, 5.41) is 0. The van der Waals surface area contributed by atoms with Gasteiger partial charge >= 0.3 is 21.8 Å². The zero-order valence-electron chi connectivity index (χ0n) is 10.8. The van der Waals surface area contributed by atoms with E-state index in [0.717, 1.165) is 35.2 Å². The Balaban J connectivity index is 2.22. The lowest BCUT2D eigenvalue weighted by atomic mass is 10.3. The molecule has 0 saturated carbocycles. The van der Waals surface area contributed by atoms with Gasteiger partial charge in [-0.25, -0.2) is 4.98 Å². The average Bonchev–Trinajstić information content (AvgIpc) is 2.87. The van der Waals surface area contributed by atoms with Crippen molar-refractivity contribution >= 4 is 10.1 Å². The van der Waals surface area contributed by atoms with Gasteiger partial charge in [0.15, 0.2) is 5.69 Å². The first-order valence-corrected chi connectivity index (χ1v) is 7.03. The molecule has 2 aromatic rings. The third kappa shape index (κ3) is 3.75. The van der Waals surface area contributed by atoms with Crippen molar-refractivity contribution in [3.05, 3.63) is 42.5 Å². The van der Waals surface area contributed by atoms with Gasteiger partial charge in [-0.1, -0.05) is 0 Å². The summed E-state index contributed by atoms with van der Waals surface area (Å²) in [6, 6.07) is 3.88. The van der Waals surface area contributed by atoms with Gasteiger partial charge in [-0.05, 0) is 24.3 Å². The van der Waals surface area contributed by atoms with E-state index in [1.165, 1.54) is 0 Å². The molecule has 0 aliphatic heterocycles. The molecule has 0 amide bonds. The van der Waals surface area contributed by atoms with Gasteiger partial charge in [0, 0.05) is 11.9 Å². The van der Waals surface area contributed by atoms with Gasteiger partial charge in [-0.3, -0.25) is 0 Å². The van der Waals surface area contributed by atoms with Crippen LogP contribution in [0.1, 0.15) is 5.69 Å². The van der Waals surface area contributed by atoms with Crippen LogP contribution >= 0.6 is 0 Å². The molecule has 0 fully saturated rings. The van der Waals surface area contributed by atoms with Crippen LogP contribution in [0.2, 0.25) is 0 Å². The summed E-state index contributed by atoms with van der Waals surface area (Å²) in [5.41, 5.74) is -6.63. The number of alkyl halides is 6. The normalized spacial score (nSPS) is 13.1. The Hall–Kier alpha value is -2.24. The summed E-state index contributed by atoms with van der Waals surface area (Å²) >= 11 is 0. The highest BCUT2D eigenvalue weighted by Gasteiger charge is 2.48. The van der Waals surface area contributed by atoms with Gasteiger partial charge in [0.2, 0.25) is 0 Å². The summed E-state index contributed by atoms with van der Waals surface area (Å²) in [4.78, 5) is 3.14. The second-order valence-electron chi connectivity index (χ2n) is 4.14. The third-order valence-corrected chi connectivity index (χ3v) is 3.48. The van der Waals surface area contributed by atoms with E-state index in [1.807, 2.05) is 0 Å². The minimum absolute atomic E-state index is 0.116. The van der Waals surface area contributed by atoms with E-state index in [9.17, 15) is 34.8 Å². The maximum absolute atomic E-state index is 12.4. The molecule has 1 aromatic heterocycles. The Morgan fingerprint density at radius 2 is 1.57 bits per heavy atom. The highest BCUT2D eigenvalue weighted by atomic mass is 32.2. The maximum atomic E-state index is 12.4. The average molecular weight is 360 g/mol. The zero-order valence-corrected chi connectivity index (χ0v) is 11.6. The van der Waals surface area contributed by atoms with Crippen molar-refractivity contribution < 1.29 is 38.9 Å². The minimum atomic E-state index is -5.81. The molecule has 2 rings (SSSR count). The predicted octanol–water partition coefficient (Wildman–Crippen LogP) is 3.12. The molecule has 0 radical (unpaired) electrons. The molecular weight excluding hydrogens is 354 g/mol. The minimum Gasteiger partial charge on any atom is -0.376 e. The lowest BCUT2D eigenvalue weighted by Crippen LogP contribution is -2.28. The number of hydrogen-bond acceptors (Lipinski definition) is 4. The van der Waals surface area contributed by atoms with E-state index >= 15 is 0 Å². The zero-order chi connectivity index (χ0) is 17.5. The van der Waals surface area contributed by atoms with Gasteiger partial charge < -0.3 is 8.75 Å². The van der Waals surface area contributed by atoms with Crippen LogP contribution < -0.4 is 4.18 Å². The number of benzene rings is 1. The van der Waals surface area contributed by atoms with Gasteiger partial charge in [-0.15, -0.1) is 0 Å². The number of hydrogen-bond donors (Lipinski definition) is 0. The summed E-state index contributed by atoms with van der Waals surface area (Å²) in [5.74, 6) is -0.637. The SMILES string of the molecule is O=S(=O)(Oc1ccc(-n2cnc(C(F)(F)F)c2)cc1)C(F)(F)F. The van der Waals surface area contributed by atoms with E-state index in [-0.39, 0.29) is 5.69 Å². The van der Waals surface area contributed by atoms with Crippen molar-refractivity contribution in [3.63, 3.8) is 0 Å².